The second kappa shape index (κ2) is 4.79. The molecule has 0 saturated carbocycles. The van der Waals surface area contributed by atoms with Gasteiger partial charge in [0.05, 0.1) is 11.5 Å². The van der Waals surface area contributed by atoms with E-state index in [1.807, 2.05) is 0 Å². The van der Waals surface area contributed by atoms with E-state index in [2.05, 4.69) is 11.9 Å². The van der Waals surface area contributed by atoms with Crippen LogP contribution in [0.4, 0.5) is 11.4 Å². The van der Waals surface area contributed by atoms with Gasteiger partial charge in [0.15, 0.2) is 0 Å². The zero-order valence-corrected chi connectivity index (χ0v) is 9.04. The second-order valence-electron chi connectivity index (χ2n) is 3.15. The lowest BCUT2D eigenvalue weighted by atomic mass is 10.2. The molecule has 5 heteroatoms. The van der Waals surface area contributed by atoms with E-state index in [0.717, 1.165) is 5.56 Å². The van der Waals surface area contributed by atoms with Gasteiger partial charge in [-0.1, -0.05) is 24.2 Å². The van der Waals surface area contributed by atoms with E-state index in [1.54, 1.807) is 19.1 Å². The van der Waals surface area contributed by atoms with Crippen LogP contribution < -0.4 is 5.32 Å². The van der Waals surface area contributed by atoms with Gasteiger partial charge in [-0.25, -0.2) is 0 Å². The highest BCUT2D eigenvalue weighted by atomic mass is 35.5. The number of nitro groups is 1. The molecule has 0 aliphatic carbocycles. The molecular formula is C10H11ClN2O2. The molecule has 1 aromatic rings. The van der Waals surface area contributed by atoms with Gasteiger partial charge in [0.25, 0.3) is 5.69 Å². The summed E-state index contributed by atoms with van der Waals surface area (Å²) in [6.07, 6.45) is 0. The van der Waals surface area contributed by atoms with Crippen molar-refractivity contribution in [2.45, 2.75) is 6.92 Å². The molecule has 1 aromatic carbocycles. The Balaban J connectivity index is 2.95. The summed E-state index contributed by atoms with van der Waals surface area (Å²) in [7, 11) is 0. The van der Waals surface area contributed by atoms with Crippen LogP contribution in [-0.2, 0) is 0 Å². The van der Waals surface area contributed by atoms with Crippen LogP contribution in [-0.4, -0.2) is 11.5 Å². The Morgan fingerprint density at radius 2 is 2.33 bits per heavy atom. The third kappa shape index (κ3) is 3.25. The standard InChI is InChI=1S/C10H11ClN2O2/c1-7-3-4-9(12-6-8(2)11)10(5-7)13(14)15/h3-5,12H,2,6H2,1H3. The van der Waals surface area contributed by atoms with E-state index in [1.165, 1.54) is 6.07 Å². The number of benzene rings is 1. The molecule has 4 nitrogen and oxygen atoms in total. The third-order valence-electron chi connectivity index (χ3n) is 1.82. The van der Waals surface area contributed by atoms with E-state index >= 15 is 0 Å². The Labute approximate surface area is 92.7 Å². The van der Waals surface area contributed by atoms with Crippen LogP contribution in [0.25, 0.3) is 0 Å². The molecule has 0 fully saturated rings. The van der Waals surface area contributed by atoms with E-state index < -0.39 is 4.92 Å². The predicted molar refractivity (Wildman–Crippen MR) is 61.3 cm³/mol. The molecule has 15 heavy (non-hydrogen) atoms. The molecule has 0 atom stereocenters. The highest BCUT2D eigenvalue weighted by Crippen LogP contribution is 2.25. The van der Waals surface area contributed by atoms with Crippen molar-refractivity contribution in [1.82, 2.24) is 0 Å². The molecule has 0 amide bonds. The fraction of sp³-hybridized carbons (Fsp3) is 0.200. The molecule has 0 bridgehead atoms. The minimum Gasteiger partial charge on any atom is -0.375 e. The summed E-state index contributed by atoms with van der Waals surface area (Å²) in [5.41, 5.74) is 1.34. The van der Waals surface area contributed by atoms with Gasteiger partial charge in [0.2, 0.25) is 0 Å². The van der Waals surface area contributed by atoms with Crippen molar-refractivity contribution in [2.75, 3.05) is 11.9 Å². The molecule has 0 aliphatic rings. The van der Waals surface area contributed by atoms with Gasteiger partial charge in [-0.3, -0.25) is 10.1 Å². The van der Waals surface area contributed by atoms with Gasteiger partial charge in [0, 0.05) is 11.1 Å². The monoisotopic (exact) mass is 226 g/mol. The van der Waals surface area contributed by atoms with Crippen molar-refractivity contribution >= 4 is 23.0 Å². The molecule has 0 aromatic heterocycles. The summed E-state index contributed by atoms with van der Waals surface area (Å²) < 4.78 is 0. The van der Waals surface area contributed by atoms with Gasteiger partial charge in [0.1, 0.15) is 5.69 Å². The Morgan fingerprint density at radius 1 is 1.67 bits per heavy atom. The average Bonchev–Trinajstić information content (AvgIpc) is 2.15. The molecule has 1 rings (SSSR count). The van der Waals surface area contributed by atoms with Gasteiger partial charge in [-0.2, -0.15) is 0 Å². The zero-order valence-electron chi connectivity index (χ0n) is 8.29. The molecule has 0 unspecified atom stereocenters. The molecule has 0 aliphatic heterocycles. The van der Waals surface area contributed by atoms with Crippen molar-refractivity contribution in [3.8, 4) is 0 Å². The number of aryl methyl sites for hydroxylation is 1. The van der Waals surface area contributed by atoms with Crippen molar-refractivity contribution in [2.24, 2.45) is 0 Å². The summed E-state index contributed by atoms with van der Waals surface area (Å²) in [5, 5.41) is 14.0. The van der Waals surface area contributed by atoms with Gasteiger partial charge < -0.3 is 5.32 Å². The number of hydrogen-bond donors (Lipinski definition) is 1. The van der Waals surface area contributed by atoms with Gasteiger partial charge >= 0.3 is 0 Å². The first-order chi connectivity index (χ1) is 7.00. The number of rotatable bonds is 4. The van der Waals surface area contributed by atoms with Crippen molar-refractivity contribution in [3.63, 3.8) is 0 Å². The van der Waals surface area contributed by atoms with Gasteiger partial charge in [-0.15, -0.1) is 0 Å². The maximum Gasteiger partial charge on any atom is 0.292 e. The van der Waals surface area contributed by atoms with Gasteiger partial charge in [-0.05, 0) is 18.6 Å². The van der Waals surface area contributed by atoms with Crippen LogP contribution >= 0.6 is 11.6 Å². The lowest BCUT2D eigenvalue weighted by Gasteiger charge is -2.06. The number of nitro benzene ring substituents is 1. The smallest absolute Gasteiger partial charge is 0.292 e. The Morgan fingerprint density at radius 3 is 2.87 bits per heavy atom. The van der Waals surface area contributed by atoms with E-state index in [4.69, 9.17) is 11.6 Å². The van der Waals surface area contributed by atoms with Crippen LogP contribution in [0.3, 0.4) is 0 Å². The maximum absolute atomic E-state index is 10.7. The largest absolute Gasteiger partial charge is 0.375 e. The second-order valence-corrected chi connectivity index (χ2v) is 3.68. The molecule has 0 radical (unpaired) electrons. The number of hydrogen-bond acceptors (Lipinski definition) is 3. The number of nitrogens with one attached hydrogen (secondary N) is 1. The summed E-state index contributed by atoms with van der Waals surface area (Å²) in [6, 6.07) is 4.97. The maximum atomic E-state index is 10.7. The summed E-state index contributed by atoms with van der Waals surface area (Å²) >= 11 is 5.56. The number of halogens is 1. The average molecular weight is 227 g/mol. The zero-order chi connectivity index (χ0) is 11.4. The van der Waals surface area contributed by atoms with Crippen molar-refractivity contribution in [3.05, 3.63) is 45.5 Å². The van der Waals surface area contributed by atoms with E-state index in [-0.39, 0.29) is 5.69 Å². The number of anilines is 1. The molecule has 80 valence electrons. The first-order valence-electron chi connectivity index (χ1n) is 4.33. The molecule has 0 saturated heterocycles. The molecule has 0 heterocycles. The minimum atomic E-state index is -0.424. The third-order valence-corrected chi connectivity index (χ3v) is 1.95. The van der Waals surface area contributed by atoms with Crippen LogP contribution in [0.2, 0.25) is 0 Å². The molecular weight excluding hydrogens is 216 g/mol. The SMILES string of the molecule is C=C(Cl)CNc1ccc(C)cc1[N+](=O)[O-]. The first kappa shape index (κ1) is 11.5. The first-order valence-corrected chi connectivity index (χ1v) is 4.70. The van der Waals surface area contributed by atoms with Crippen molar-refractivity contribution < 1.29 is 4.92 Å². The highest BCUT2D eigenvalue weighted by Gasteiger charge is 2.12. The Hall–Kier alpha value is -1.55. The Bertz CT molecular complexity index is 404. The summed E-state index contributed by atoms with van der Waals surface area (Å²) in [6.45, 7) is 5.61. The quantitative estimate of drug-likeness (QED) is 0.634. The lowest BCUT2D eigenvalue weighted by Crippen LogP contribution is -2.04. The van der Waals surface area contributed by atoms with Crippen LogP contribution in [0, 0.1) is 17.0 Å². The predicted octanol–water partition coefficient (Wildman–Crippen LogP) is 3.07. The van der Waals surface area contributed by atoms with Crippen molar-refractivity contribution in [1.29, 1.82) is 0 Å². The van der Waals surface area contributed by atoms with Crippen LogP contribution in [0.1, 0.15) is 5.56 Å². The fourth-order valence-corrected chi connectivity index (χ4v) is 1.20. The normalized spacial score (nSPS) is 9.73. The fourth-order valence-electron chi connectivity index (χ4n) is 1.13. The topological polar surface area (TPSA) is 55.2 Å². The van der Waals surface area contributed by atoms with Crippen LogP contribution in [0.5, 0.6) is 0 Å². The minimum absolute atomic E-state index is 0.0490. The highest BCUT2D eigenvalue weighted by molar-refractivity contribution is 6.29. The molecule has 1 N–H and O–H groups in total. The number of nitrogens with zero attached hydrogens (tertiary/aromatic N) is 1. The summed E-state index contributed by atoms with van der Waals surface area (Å²) in [5.74, 6) is 0. The van der Waals surface area contributed by atoms with Crippen LogP contribution in [0.15, 0.2) is 29.8 Å². The summed E-state index contributed by atoms with van der Waals surface area (Å²) in [4.78, 5) is 10.3. The van der Waals surface area contributed by atoms with E-state index in [9.17, 15) is 10.1 Å². The van der Waals surface area contributed by atoms with E-state index in [0.29, 0.717) is 17.3 Å². The Kier molecular flexibility index (Phi) is 3.68. The lowest BCUT2D eigenvalue weighted by molar-refractivity contribution is -0.384. The molecule has 0 spiro atoms.